The third-order valence-corrected chi connectivity index (χ3v) is 7.84. The van der Waals surface area contributed by atoms with Crippen LogP contribution >= 0.6 is 7.82 Å². The van der Waals surface area contributed by atoms with Gasteiger partial charge in [0.05, 0.1) is 14.7 Å². The molecule has 13 nitrogen and oxygen atoms in total. The third kappa shape index (κ3) is 6.49. The van der Waals surface area contributed by atoms with Gasteiger partial charge in [-0.05, 0) is 18.2 Å². The van der Waals surface area contributed by atoms with E-state index in [2.05, 4.69) is 4.52 Å². The minimum absolute atomic E-state index is 0. The molecule has 4 aromatic rings. The molecule has 20 heteroatoms. The maximum Gasteiger partial charge on any atom is 1.00 e. The Balaban J connectivity index is 0.00000216. The van der Waals surface area contributed by atoms with Gasteiger partial charge in [0.15, 0.2) is 0 Å². The van der Waals surface area contributed by atoms with Crippen LogP contribution in [0.5, 0.6) is 5.75 Å². The van der Waals surface area contributed by atoms with Crippen molar-refractivity contribution in [2.75, 3.05) is 0 Å². The van der Waals surface area contributed by atoms with E-state index in [0.29, 0.717) is 12.1 Å². The Morgan fingerprint density at radius 2 is 0.917 bits per heavy atom. The molecule has 0 aliphatic carbocycles. The van der Waals surface area contributed by atoms with Gasteiger partial charge in [-0.2, -0.15) is 0 Å². The fourth-order valence-electron chi connectivity index (χ4n) is 3.69. The van der Waals surface area contributed by atoms with Crippen LogP contribution in [-0.4, -0.2) is 48.7 Å². The van der Waals surface area contributed by atoms with E-state index >= 15 is 0 Å². The van der Waals surface area contributed by atoms with Gasteiger partial charge >= 0.3 is 96.5 Å². The molecule has 36 heavy (non-hydrogen) atoms. The van der Waals surface area contributed by atoms with Gasteiger partial charge in [0.1, 0.15) is 36.1 Å². The first kappa shape index (κ1) is 34.6. The van der Waals surface area contributed by atoms with Gasteiger partial charge in [-0.25, -0.2) is 29.8 Å². The fraction of sp³-hybridized carbons (Fsp3) is 0. The van der Waals surface area contributed by atoms with E-state index < -0.39 is 80.2 Å². The minimum Gasteiger partial charge on any atom is -0.744 e. The van der Waals surface area contributed by atoms with Crippen LogP contribution in [0.3, 0.4) is 0 Å². The van der Waals surface area contributed by atoms with E-state index in [-0.39, 0.29) is 99.4 Å². The van der Waals surface area contributed by atoms with Crippen molar-refractivity contribution >= 4 is 70.5 Å². The first-order valence-corrected chi connectivity index (χ1v) is 14.1. The van der Waals surface area contributed by atoms with Crippen molar-refractivity contribution in [2.24, 2.45) is 0 Å². The van der Waals surface area contributed by atoms with Crippen molar-refractivity contribution in [3.05, 3.63) is 36.4 Å². The second-order valence-electron chi connectivity index (χ2n) is 6.76. The molecule has 0 fully saturated rings. The van der Waals surface area contributed by atoms with E-state index in [9.17, 15) is 53.3 Å². The summed E-state index contributed by atoms with van der Waals surface area (Å²) in [6.45, 7) is 0. The van der Waals surface area contributed by atoms with Crippen LogP contribution in [0.25, 0.3) is 32.3 Å². The van der Waals surface area contributed by atoms with Gasteiger partial charge < -0.3 is 18.2 Å². The first-order valence-electron chi connectivity index (χ1n) is 8.31. The molecule has 176 valence electrons. The van der Waals surface area contributed by atoms with Crippen LogP contribution in [0.1, 0.15) is 0 Å². The van der Waals surface area contributed by atoms with E-state index in [1.54, 1.807) is 0 Å². The van der Waals surface area contributed by atoms with E-state index in [1.807, 2.05) is 0 Å². The molecule has 4 aromatic carbocycles. The van der Waals surface area contributed by atoms with Crippen LogP contribution in [-0.2, 0) is 34.9 Å². The van der Waals surface area contributed by atoms with Crippen LogP contribution in [0.15, 0.2) is 51.1 Å². The third-order valence-electron chi connectivity index (χ3n) is 4.77. The zero-order valence-corrected chi connectivity index (χ0v) is 27.9. The standard InChI is InChI=1S/C16H11O13PS3.3Na/c17-30(18,19)29-11-5-12(31(20,21)22)8-3-4-10-14(33(26,27)28)6-13(32(23,24)25)9-2-1-7(11)15(8)16(9)10;;;/h1-6H,(H2,17,18,19)(H,20,21,22)(H,23,24,25)(H,26,27,28);;;/q;3*+1/p-3. The Morgan fingerprint density at radius 3 is 1.25 bits per heavy atom. The Bertz CT molecular complexity index is 1820. The summed E-state index contributed by atoms with van der Waals surface area (Å²) in [6, 6.07) is 4.80. The Morgan fingerprint density at radius 1 is 0.611 bits per heavy atom. The summed E-state index contributed by atoms with van der Waals surface area (Å²) in [5.41, 5.74) is 0. The molecule has 0 bridgehead atoms. The second-order valence-corrected chi connectivity index (χ2v) is 12.0. The molecule has 0 aliphatic rings. The average Bonchev–Trinajstić information content (AvgIpc) is 2.62. The zero-order chi connectivity index (χ0) is 24.7. The number of rotatable bonds is 5. The maximum atomic E-state index is 11.9. The van der Waals surface area contributed by atoms with Gasteiger partial charge in [-0.3, -0.25) is 9.79 Å². The number of hydrogen-bond acceptors (Lipinski definition) is 11. The Hall–Kier alpha value is 0.600. The van der Waals surface area contributed by atoms with E-state index in [0.717, 1.165) is 24.3 Å². The van der Waals surface area contributed by atoms with Crippen molar-refractivity contribution in [3.8, 4) is 5.75 Å². The average molecular weight is 604 g/mol. The molecule has 0 heterocycles. The first-order chi connectivity index (χ1) is 14.9. The summed E-state index contributed by atoms with van der Waals surface area (Å²) in [5, 5.41) is -2.31. The van der Waals surface area contributed by atoms with Crippen molar-refractivity contribution in [1.82, 2.24) is 0 Å². The molecular formula is C16H8Na3O13PS3. The summed E-state index contributed by atoms with van der Waals surface area (Å²) < 4.78 is 122. The Kier molecular flexibility index (Phi) is 10.8. The smallest absolute Gasteiger partial charge is 0.744 e. The van der Waals surface area contributed by atoms with Crippen LogP contribution in [0.2, 0.25) is 0 Å². The molecule has 0 aromatic heterocycles. The predicted octanol–water partition coefficient (Wildman–Crippen LogP) is -8.22. The van der Waals surface area contributed by atoms with E-state index in [1.165, 1.54) is 0 Å². The number of phosphoric ester groups is 1. The summed E-state index contributed by atoms with van der Waals surface area (Å²) in [5.74, 6) is -0.804. The summed E-state index contributed by atoms with van der Waals surface area (Å²) >= 11 is 0. The topological polar surface area (TPSA) is 238 Å². The molecule has 2 N–H and O–H groups in total. The fourth-order valence-corrected chi connectivity index (χ4v) is 6.27. The molecule has 0 aliphatic heterocycles. The quantitative estimate of drug-likeness (QED) is 0.0933. The summed E-state index contributed by atoms with van der Waals surface area (Å²) in [4.78, 5) is 15.1. The zero-order valence-electron chi connectivity index (χ0n) is 18.5. The normalized spacial score (nSPS) is 12.7. The number of benzene rings is 4. The van der Waals surface area contributed by atoms with Crippen LogP contribution < -0.4 is 93.2 Å². The van der Waals surface area contributed by atoms with Crippen LogP contribution in [0, 0.1) is 0 Å². The van der Waals surface area contributed by atoms with Crippen molar-refractivity contribution < 1.29 is 146 Å². The second kappa shape index (κ2) is 11.2. The number of hydrogen-bond donors (Lipinski definition) is 2. The van der Waals surface area contributed by atoms with Gasteiger partial charge in [0, 0.05) is 32.3 Å². The van der Waals surface area contributed by atoms with Crippen molar-refractivity contribution in [2.45, 2.75) is 14.7 Å². The predicted molar refractivity (Wildman–Crippen MR) is 107 cm³/mol. The molecule has 0 spiro atoms. The van der Waals surface area contributed by atoms with Gasteiger partial charge in [-0.15, -0.1) is 0 Å². The van der Waals surface area contributed by atoms with E-state index in [4.69, 9.17) is 0 Å². The Labute approximate surface area is 270 Å². The molecule has 0 unspecified atom stereocenters. The van der Waals surface area contributed by atoms with Crippen molar-refractivity contribution in [1.29, 1.82) is 0 Å². The largest absolute Gasteiger partial charge is 1.00 e. The molecule has 4 rings (SSSR count). The molecule has 0 saturated carbocycles. The molecule has 0 amide bonds. The molecular weight excluding hydrogens is 596 g/mol. The monoisotopic (exact) mass is 604 g/mol. The summed E-state index contributed by atoms with van der Waals surface area (Å²) in [6.07, 6.45) is 0. The van der Waals surface area contributed by atoms with Gasteiger partial charge in [-0.1, -0.05) is 18.2 Å². The molecule has 0 saturated heterocycles. The SMILES string of the molecule is O=P(O)(O)Oc1cc(S(=O)(=O)[O-])c2ccc3c(S(=O)(=O)[O-])cc(S(=O)(=O)[O-])c4ccc1c2c43.[Na+].[Na+].[Na+]. The molecule has 0 atom stereocenters. The minimum atomic E-state index is -5.38. The van der Waals surface area contributed by atoms with Gasteiger partial charge in [0.2, 0.25) is 0 Å². The number of phosphoric acid groups is 1. The molecule has 0 radical (unpaired) electrons. The maximum absolute atomic E-state index is 11.9. The van der Waals surface area contributed by atoms with Crippen molar-refractivity contribution in [3.63, 3.8) is 0 Å². The van der Waals surface area contributed by atoms with Gasteiger partial charge in [0.25, 0.3) is 0 Å². The summed E-state index contributed by atoms with van der Waals surface area (Å²) in [7, 11) is -21.4. The van der Waals surface area contributed by atoms with Crippen LogP contribution in [0.4, 0.5) is 0 Å².